The molecule has 4 heteroatoms. The molecule has 2 atom stereocenters. The van der Waals surface area contributed by atoms with Gasteiger partial charge in [0, 0.05) is 24.3 Å². The van der Waals surface area contributed by atoms with Crippen LogP contribution in [0.2, 0.25) is 0 Å². The zero-order chi connectivity index (χ0) is 13.2. The SMILES string of the molecule is CC1CCCC1Nc1ccc(-c2nncn2C)cc1. The van der Waals surface area contributed by atoms with Crippen molar-refractivity contribution < 1.29 is 0 Å². The third kappa shape index (κ3) is 2.48. The van der Waals surface area contributed by atoms with Crippen LogP contribution in [0, 0.1) is 5.92 Å². The van der Waals surface area contributed by atoms with Crippen molar-refractivity contribution in [1.29, 1.82) is 0 Å². The molecule has 1 aliphatic rings. The van der Waals surface area contributed by atoms with Crippen LogP contribution in [0.4, 0.5) is 5.69 Å². The summed E-state index contributed by atoms with van der Waals surface area (Å²) in [5, 5.41) is 11.7. The molecular weight excluding hydrogens is 236 g/mol. The van der Waals surface area contributed by atoms with E-state index in [1.165, 1.54) is 24.9 Å². The summed E-state index contributed by atoms with van der Waals surface area (Å²) >= 11 is 0. The van der Waals surface area contributed by atoms with E-state index in [-0.39, 0.29) is 0 Å². The number of hydrogen-bond acceptors (Lipinski definition) is 3. The first-order valence-electron chi connectivity index (χ1n) is 6.95. The summed E-state index contributed by atoms with van der Waals surface area (Å²) in [5.74, 6) is 1.68. The van der Waals surface area contributed by atoms with Crippen molar-refractivity contribution in [2.75, 3.05) is 5.32 Å². The number of benzene rings is 1. The van der Waals surface area contributed by atoms with E-state index in [9.17, 15) is 0 Å². The Morgan fingerprint density at radius 2 is 2.00 bits per heavy atom. The molecule has 1 aliphatic carbocycles. The molecule has 19 heavy (non-hydrogen) atoms. The lowest BCUT2D eigenvalue weighted by Gasteiger charge is -2.18. The maximum atomic E-state index is 4.12. The van der Waals surface area contributed by atoms with E-state index < -0.39 is 0 Å². The van der Waals surface area contributed by atoms with E-state index in [2.05, 4.69) is 46.7 Å². The Balaban J connectivity index is 1.74. The Morgan fingerprint density at radius 1 is 1.21 bits per heavy atom. The van der Waals surface area contributed by atoms with E-state index in [0.717, 1.165) is 17.3 Å². The number of hydrogen-bond donors (Lipinski definition) is 1. The highest BCUT2D eigenvalue weighted by molar-refractivity contribution is 5.60. The minimum absolute atomic E-state index is 0.626. The third-order valence-electron chi connectivity index (χ3n) is 4.07. The van der Waals surface area contributed by atoms with Gasteiger partial charge in [-0.05, 0) is 43.0 Å². The van der Waals surface area contributed by atoms with Crippen LogP contribution < -0.4 is 5.32 Å². The fourth-order valence-electron chi connectivity index (χ4n) is 2.83. The Morgan fingerprint density at radius 3 is 2.58 bits per heavy atom. The molecule has 0 aliphatic heterocycles. The molecule has 2 unspecified atom stereocenters. The molecule has 1 fully saturated rings. The molecule has 2 aromatic rings. The predicted octanol–water partition coefficient (Wildman–Crippen LogP) is 3.08. The van der Waals surface area contributed by atoms with Gasteiger partial charge < -0.3 is 9.88 Å². The quantitative estimate of drug-likeness (QED) is 0.917. The van der Waals surface area contributed by atoms with Gasteiger partial charge in [0.2, 0.25) is 0 Å². The molecule has 1 heterocycles. The number of nitrogens with zero attached hydrogens (tertiary/aromatic N) is 3. The average molecular weight is 256 g/mol. The first-order valence-corrected chi connectivity index (χ1v) is 6.95. The highest BCUT2D eigenvalue weighted by Crippen LogP contribution is 2.28. The molecule has 1 aromatic heterocycles. The zero-order valence-electron chi connectivity index (χ0n) is 11.5. The van der Waals surface area contributed by atoms with Gasteiger partial charge >= 0.3 is 0 Å². The summed E-state index contributed by atoms with van der Waals surface area (Å²) in [5.41, 5.74) is 2.30. The Kier molecular flexibility index (Phi) is 3.23. The molecule has 4 nitrogen and oxygen atoms in total. The van der Waals surface area contributed by atoms with Crippen molar-refractivity contribution >= 4 is 5.69 Å². The highest BCUT2D eigenvalue weighted by Gasteiger charge is 2.22. The molecule has 100 valence electrons. The van der Waals surface area contributed by atoms with Crippen LogP contribution in [-0.4, -0.2) is 20.8 Å². The first-order chi connectivity index (χ1) is 9.24. The second-order valence-electron chi connectivity index (χ2n) is 5.50. The van der Waals surface area contributed by atoms with E-state index in [1.807, 2.05) is 11.6 Å². The lowest BCUT2D eigenvalue weighted by Crippen LogP contribution is -2.21. The summed E-state index contributed by atoms with van der Waals surface area (Å²) in [4.78, 5) is 0. The van der Waals surface area contributed by atoms with Gasteiger partial charge in [0.25, 0.3) is 0 Å². The van der Waals surface area contributed by atoms with Gasteiger partial charge in [-0.15, -0.1) is 10.2 Å². The maximum Gasteiger partial charge on any atom is 0.163 e. The van der Waals surface area contributed by atoms with Crippen molar-refractivity contribution in [1.82, 2.24) is 14.8 Å². The Labute approximate surface area is 113 Å². The van der Waals surface area contributed by atoms with Crippen LogP contribution in [-0.2, 0) is 7.05 Å². The average Bonchev–Trinajstić information content (AvgIpc) is 3.00. The van der Waals surface area contributed by atoms with Gasteiger partial charge in [-0.25, -0.2) is 0 Å². The predicted molar refractivity (Wildman–Crippen MR) is 76.9 cm³/mol. The fraction of sp³-hybridized carbons (Fsp3) is 0.467. The van der Waals surface area contributed by atoms with Crippen LogP contribution in [0.3, 0.4) is 0 Å². The van der Waals surface area contributed by atoms with Crippen LogP contribution in [0.5, 0.6) is 0 Å². The van der Waals surface area contributed by atoms with Crippen LogP contribution in [0.15, 0.2) is 30.6 Å². The van der Waals surface area contributed by atoms with Gasteiger partial charge in [0.05, 0.1) is 0 Å². The molecule has 3 rings (SSSR count). The van der Waals surface area contributed by atoms with Crippen LogP contribution in [0.1, 0.15) is 26.2 Å². The van der Waals surface area contributed by atoms with Gasteiger partial charge in [0.1, 0.15) is 6.33 Å². The number of aromatic nitrogens is 3. The van der Waals surface area contributed by atoms with E-state index in [0.29, 0.717) is 6.04 Å². The molecule has 0 radical (unpaired) electrons. The molecule has 0 spiro atoms. The van der Waals surface area contributed by atoms with Gasteiger partial charge in [-0.1, -0.05) is 13.3 Å². The van der Waals surface area contributed by atoms with Crippen LogP contribution >= 0.6 is 0 Å². The summed E-state index contributed by atoms with van der Waals surface area (Å²) in [6.07, 6.45) is 5.69. The summed E-state index contributed by atoms with van der Waals surface area (Å²) < 4.78 is 1.93. The summed E-state index contributed by atoms with van der Waals surface area (Å²) in [6, 6.07) is 9.10. The van der Waals surface area contributed by atoms with Crippen molar-refractivity contribution in [3.63, 3.8) is 0 Å². The van der Waals surface area contributed by atoms with E-state index >= 15 is 0 Å². The highest BCUT2D eigenvalue weighted by atomic mass is 15.2. The lowest BCUT2D eigenvalue weighted by molar-refractivity contribution is 0.556. The fourth-order valence-corrected chi connectivity index (χ4v) is 2.83. The number of nitrogens with one attached hydrogen (secondary N) is 1. The van der Waals surface area contributed by atoms with E-state index in [4.69, 9.17) is 0 Å². The second kappa shape index (κ2) is 5.03. The van der Waals surface area contributed by atoms with Crippen LogP contribution in [0.25, 0.3) is 11.4 Å². The molecular formula is C15H20N4. The first kappa shape index (κ1) is 12.2. The minimum Gasteiger partial charge on any atom is -0.382 e. The second-order valence-corrected chi connectivity index (χ2v) is 5.50. The monoisotopic (exact) mass is 256 g/mol. The molecule has 0 bridgehead atoms. The standard InChI is InChI=1S/C15H20N4/c1-11-4-3-5-14(11)17-13-8-6-12(7-9-13)15-18-16-10-19(15)2/h6-11,14,17H,3-5H2,1-2H3. The minimum atomic E-state index is 0.626. The smallest absolute Gasteiger partial charge is 0.163 e. The van der Waals surface area contributed by atoms with Crippen molar-refractivity contribution in [3.8, 4) is 11.4 Å². The lowest BCUT2D eigenvalue weighted by atomic mass is 10.1. The van der Waals surface area contributed by atoms with E-state index in [1.54, 1.807) is 6.33 Å². The number of aryl methyl sites for hydroxylation is 1. The topological polar surface area (TPSA) is 42.7 Å². The molecule has 1 aromatic carbocycles. The molecule has 0 saturated heterocycles. The Hall–Kier alpha value is -1.84. The summed E-state index contributed by atoms with van der Waals surface area (Å²) in [6.45, 7) is 2.33. The number of anilines is 1. The zero-order valence-corrected chi connectivity index (χ0v) is 11.5. The largest absolute Gasteiger partial charge is 0.382 e. The van der Waals surface area contributed by atoms with Gasteiger partial charge in [-0.2, -0.15) is 0 Å². The Bertz CT molecular complexity index is 544. The van der Waals surface area contributed by atoms with Gasteiger partial charge in [0.15, 0.2) is 5.82 Å². The molecule has 1 N–H and O–H groups in total. The third-order valence-corrected chi connectivity index (χ3v) is 4.07. The van der Waals surface area contributed by atoms with Crippen molar-refractivity contribution in [2.45, 2.75) is 32.2 Å². The van der Waals surface area contributed by atoms with Gasteiger partial charge in [-0.3, -0.25) is 0 Å². The maximum absolute atomic E-state index is 4.12. The van der Waals surface area contributed by atoms with Crippen molar-refractivity contribution in [3.05, 3.63) is 30.6 Å². The normalized spacial score (nSPS) is 22.6. The molecule has 1 saturated carbocycles. The number of rotatable bonds is 3. The van der Waals surface area contributed by atoms with Crippen molar-refractivity contribution in [2.24, 2.45) is 13.0 Å². The molecule has 0 amide bonds. The summed E-state index contributed by atoms with van der Waals surface area (Å²) in [7, 11) is 1.96.